The summed E-state index contributed by atoms with van der Waals surface area (Å²) in [5.41, 5.74) is 7.60. The number of rotatable bonds is 18. The quantitative estimate of drug-likeness (QED) is 0.0310. The maximum atomic E-state index is 13.1. The number of benzene rings is 16. The molecule has 4 aromatic heterocycles. The topological polar surface area (TPSA) is 318 Å². The van der Waals surface area contributed by atoms with E-state index >= 15 is 0 Å². The molecule has 17 nitrogen and oxygen atoms in total. The van der Waals surface area contributed by atoms with Gasteiger partial charge in [-0.15, -0.1) is 0 Å². The predicted molar refractivity (Wildman–Crippen MR) is 581 cm³/mol. The number of nitrogens with two attached hydrogens (primary N) is 1. The Kier molecular flexibility index (Phi) is 44.7. The Morgan fingerprint density at radius 3 is 0.806 bits per heavy atom. The van der Waals surface area contributed by atoms with Crippen LogP contribution in [0.3, 0.4) is 0 Å². The van der Waals surface area contributed by atoms with E-state index in [2.05, 4.69) is 410 Å². The molecule has 4 heterocycles. The number of aromatic nitrogens is 2. The van der Waals surface area contributed by atoms with Gasteiger partial charge in [0.05, 0.1) is 22.2 Å². The first-order valence-corrected chi connectivity index (χ1v) is 50.4. The normalized spacial score (nSPS) is 10.1. The van der Waals surface area contributed by atoms with Crippen molar-refractivity contribution in [3.63, 3.8) is 0 Å². The summed E-state index contributed by atoms with van der Waals surface area (Å²) >= 11 is 6.09. The second-order valence-electron chi connectivity index (χ2n) is 29.9. The third-order valence-electron chi connectivity index (χ3n) is 20.3. The fourth-order valence-corrected chi connectivity index (χ4v) is 23.6. The summed E-state index contributed by atoms with van der Waals surface area (Å²) in [7, 11) is -3.45. The number of hydrogen-bond donors (Lipinski definition) is 7. The molecular weight excluding hydrogens is 2110 g/mol. The van der Waals surface area contributed by atoms with Crippen LogP contribution in [0.1, 0.15) is 55.8 Å². The van der Waals surface area contributed by atoms with Crippen molar-refractivity contribution in [3.05, 3.63) is 534 Å². The Labute approximate surface area is 867 Å². The standard InChI is InChI=1S/4C18H15P.C12H6FNO3.C12H9N3O3.C7H5BFNO2.C7H3BrFN.C5H3BrO3.CH4.Pd/c4*1-4-10-16(11-5-1)19(17-12-6-2-7-13-17)18-14-8-3-9-15-18;13-9-2-1-7(5-8(9)6-14)10-3-4-11(17-10)12(15)16;13-11-7-5-6(1-2-8(7)14-15-11)9-3-4-10(18-9)12(16)17;9-7-2-1-6(8(11)12)3-5(7)4-10;8-6-1-2-7(9)5(3-6)4-10;6-4-2-1-3(9-4)5(7)8;;/h4*1-15H;1-5H,(H,15,16);1-5H,(H,16,17)(H3,13,14,15);1-3,11-12H;1-3H;1-2H,(H,7,8);1H4;. The minimum absolute atomic E-state index is 0. The first-order valence-electron chi connectivity index (χ1n) is 43.5. The van der Waals surface area contributed by atoms with Gasteiger partial charge in [-0.2, -0.15) is 20.9 Å². The van der Waals surface area contributed by atoms with Crippen LogP contribution in [0, 0.1) is 51.4 Å². The minimum atomic E-state index is -1.67. The molecule has 144 heavy (non-hydrogen) atoms. The molecule has 20 aromatic rings. The van der Waals surface area contributed by atoms with Crippen molar-refractivity contribution < 1.29 is 86.6 Å². The van der Waals surface area contributed by atoms with Gasteiger partial charge in [-0.1, -0.05) is 393 Å². The molecule has 0 fully saturated rings. The SMILES string of the molecule is C.N#Cc1cc(-c2ccc(C(=O)O)o2)ccc1F.N#Cc1cc(B(O)O)ccc1F.N#Cc1cc(Br)ccc1F.Nc1n[nH]c2ccc(-c3ccc(C(=O)O)o3)cc12.O=C(O)c1ccc(Br)o1.[Pd].c1ccc(P(c2ccccc2)c2ccccc2)cc1.c1ccc(P(c2ccccc2)c2ccccc2)cc1.c1ccc(P(c2ccccc2)c2ccccc2)cc1.c1ccc(P(c2ccccc2)c2ccccc2)cc1. The smallest absolute Gasteiger partial charge is 0.475 e. The number of furan rings is 3. The fourth-order valence-electron chi connectivity index (χ4n) is 13.7. The van der Waals surface area contributed by atoms with Crippen LogP contribution in [0.4, 0.5) is 19.0 Å². The molecule has 8 N–H and O–H groups in total. The van der Waals surface area contributed by atoms with Crippen molar-refractivity contribution in [3.8, 4) is 40.9 Å². The zero-order valence-electron chi connectivity index (χ0n) is 75.7. The van der Waals surface area contributed by atoms with Crippen molar-refractivity contribution in [1.82, 2.24) is 10.2 Å². The Hall–Kier alpha value is -15.4. The van der Waals surface area contributed by atoms with Crippen LogP contribution >= 0.6 is 63.5 Å². The molecule has 0 aliphatic rings. The Morgan fingerprint density at radius 1 is 0.319 bits per heavy atom. The number of aromatic amines is 1. The number of carbonyl (C=O) groups is 3. The molecule has 0 spiro atoms. The van der Waals surface area contributed by atoms with Crippen LogP contribution in [0.2, 0.25) is 0 Å². The number of anilines is 1. The van der Waals surface area contributed by atoms with E-state index in [1.807, 2.05) is 12.1 Å². The van der Waals surface area contributed by atoms with E-state index in [0.717, 1.165) is 34.7 Å². The van der Waals surface area contributed by atoms with Gasteiger partial charge in [-0.05, 0) is 220 Å². The number of hydrogen-bond acceptors (Lipinski definition) is 13. The van der Waals surface area contributed by atoms with E-state index in [-0.39, 0.29) is 73.0 Å². The summed E-state index contributed by atoms with van der Waals surface area (Å²) in [6.07, 6.45) is 0. The average molecular weight is 2200 g/mol. The number of carboxylic acid groups (broad SMARTS) is 3. The molecule has 20 rings (SSSR count). The molecule has 0 bridgehead atoms. The molecule has 0 atom stereocenters. The van der Waals surface area contributed by atoms with Crippen molar-refractivity contribution in [2.24, 2.45) is 0 Å². The van der Waals surface area contributed by atoms with Crippen molar-refractivity contribution in [2.45, 2.75) is 7.43 Å². The van der Waals surface area contributed by atoms with Gasteiger partial charge in [-0.3, -0.25) is 5.10 Å². The molecular formula is C116H90BBr2F3N6O11P4Pd. The summed E-state index contributed by atoms with van der Waals surface area (Å²) in [5.74, 6) is -4.29. The number of aromatic carboxylic acids is 3. The largest absolute Gasteiger partial charge is 0.488 e. The van der Waals surface area contributed by atoms with E-state index in [9.17, 15) is 27.6 Å². The van der Waals surface area contributed by atoms with E-state index in [1.165, 1.54) is 124 Å². The molecule has 16 aromatic carbocycles. The zero-order valence-corrected chi connectivity index (χ0v) is 84.0. The van der Waals surface area contributed by atoms with Gasteiger partial charge < -0.3 is 44.4 Å². The van der Waals surface area contributed by atoms with Crippen LogP contribution < -0.4 is 74.9 Å². The predicted octanol–water partition coefficient (Wildman–Crippen LogP) is 22.7. The average Bonchev–Trinajstić information content (AvgIpc) is 1.76. The third kappa shape index (κ3) is 32.9. The van der Waals surface area contributed by atoms with Crippen LogP contribution in [-0.4, -0.2) is 60.6 Å². The van der Waals surface area contributed by atoms with E-state index in [4.69, 9.17) is 55.7 Å². The first kappa shape index (κ1) is 111. The Morgan fingerprint density at radius 2 is 0.562 bits per heavy atom. The molecule has 718 valence electrons. The number of fused-ring (bicyclic) bond motifs is 1. The number of nitrogen functional groups attached to an aromatic ring is 1. The third-order valence-corrected chi connectivity index (χ3v) is 31.0. The summed E-state index contributed by atoms with van der Waals surface area (Å²) < 4.78 is 54.3. The van der Waals surface area contributed by atoms with Crippen molar-refractivity contribution in [1.29, 1.82) is 15.8 Å². The summed E-state index contributed by atoms with van der Waals surface area (Å²) in [5, 5.41) is 92.7. The minimum Gasteiger partial charge on any atom is -0.475 e. The molecule has 0 amide bonds. The summed E-state index contributed by atoms with van der Waals surface area (Å²) in [6.45, 7) is 0. The van der Waals surface area contributed by atoms with Gasteiger partial charge >= 0.3 is 25.0 Å². The van der Waals surface area contributed by atoms with Gasteiger partial charge in [0.1, 0.15) is 47.2 Å². The number of nitrogens with one attached hydrogen (secondary N) is 1. The summed E-state index contributed by atoms with van der Waals surface area (Å²) in [4.78, 5) is 31.5. The van der Waals surface area contributed by atoms with Crippen LogP contribution in [0.5, 0.6) is 0 Å². The number of halogens is 5. The summed E-state index contributed by atoms with van der Waals surface area (Å²) in [6, 6.07) is 160. The number of nitriles is 3. The van der Waals surface area contributed by atoms with Crippen LogP contribution in [0.25, 0.3) is 33.6 Å². The molecule has 0 saturated heterocycles. The van der Waals surface area contributed by atoms with Gasteiger partial charge in [0.2, 0.25) is 17.3 Å². The molecule has 0 saturated carbocycles. The Balaban J connectivity index is 0.000000168. The van der Waals surface area contributed by atoms with E-state index in [1.54, 1.807) is 36.4 Å². The molecule has 28 heteroatoms. The van der Waals surface area contributed by atoms with Gasteiger partial charge in [0.15, 0.2) is 10.5 Å². The number of H-pyrrole nitrogens is 1. The van der Waals surface area contributed by atoms with Gasteiger partial charge in [0, 0.05) is 41.4 Å². The number of carboxylic acids is 3. The molecule has 0 radical (unpaired) electrons. The maximum Gasteiger partial charge on any atom is 0.488 e. The molecule has 0 unspecified atom stereocenters. The van der Waals surface area contributed by atoms with Gasteiger partial charge in [0.25, 0.3) is 0 Å². The zero-order chi connectivity index (χ0) is 100. The fraction of sp³-hybridized carbons (Fsp3) is 0.00862. The van der Waals surface area contributed by atoms with Gasteiger partial charge in [-0.25, -0.2) is 27.6 Å². The monoisotopic (exact) mass is 2200 g/mol. The van der Waals surface area contributed by atoms with E-state index < -0.39 is 74.2 Å². The second-order valence-corrected chi connectivity index (χ2v) is 40.4. The van der Waals surface area contributed by atoms with Crippen molar-refractivity contribution >= 4 is 174 Å². The van der Waals surface area contributed by atoms with Crippen LogP contribution in [0.15, 0.2) is 496 Å². The maximum absolute atomic E-state index is 13.1. The molecule has 0 aliphatic carbocycles. The second kappa shape index (κ2) is 58.1. The Bertz CT molecular complexity index is 6670. The van der Waals surface area contributed by atoms with Crippen molar-refractivity contribution in [2.75, 3.05) is 5.73 Å². The van der Waals surface area contributed by atoms with E-state index in [0.29, 0.717) is 26.3 Å². The van der Waals surface area contributed by atoms with Crippen LogP contribution in [-0.2, 0) is 20.4 Å². The molecule has 0 aliphatic heterocycles. The number of nitrogens with zero attached hydrogens (tertiary/aromatic N) is 4. The first-order chi connectivity index (χ1) is 69.1.